The first kappa shape index (κ1) is 17.7. The van der Waals surface area contributed by atoms with Crippen LogP contribution in [-0.2, 0) is 6.42 Å². The first-order chi connectivity index (χ1) is 9.72. The highest BCUT2D eigenvalue weighted by atomic mass is 32.1. The van der Waals surface area contributed by atoms with E-state index in [9.17, 15) is 0 Å². The summed E-state index contributed by atoms with van der Waals surface area (Å²) < 4.78 is 0. The van der Waals surface area contributed by atoms with Gasteiger partial charge in [0.05, 0.1) is 0 Å². The molecule has 1 atom stereocenters. The van der Waals surface area contributed by atoms with E-state index in [0.29, 0.717) is 6.04 Å². The van der Waals surface area contributed by atoms with Crippen LogP contribution in [0, 0.1) is 6.92 Å². The van der Waals surface area contributed by atoms with E-state index in [0.717, 1.165) is 0 Å². The molecule has 0 fully saturated rings. The van der Waals surface area contributed by atoms with Crippen LogP contribution in [0.25, 0.3) is 0 Å². The van der Waals surface area contributed by atoms with E-state index in [1.54, 1.807) is 0 Å². The van der Waals surface area contributed by atoms with Gasteiger partial charge in [-0.1, -0.05) is 51.9 Å². The van der Waals surface area contributed by atoms with Gasteiger partial charge in [-0.3, -0.25) is 0 Å². The van der Waals surface area contributed by atoms with E-state index in [2.05, 4.69) is 38.2 Å². The van der Waals surface area contributed by atoms with Gasteiger partial charge in [-0.2, -0.15) is 0 Å². The Bertz CT molecular complexity index is 332. The van der Waals surface area contributed by atoms with Gasteiger partial charge in [0.1, 0.15) is 0 Å². The molecule has 0 bridgehead atoms. The molecule has 0 spiro atoms. The first-order valence-electron chi connectivity index (χ1n) is 8.51. The molecule has 20 heavy (non-hydrogen) atoms. The molecule has 1 N–H and O–H groups in total. The molecule has 1 heterocycles. The zero-order valence-electron chi connectivity index (χ0n) is 13.7. The van der Waals surface area contributed by atoms with Crippen LogP contribution in [0.3, 0.4) is 0 Å². The van der Waals surface area contributed by atoms with Gasteiger partial charge < -0.3 is 5.32 Å². The van der Waals surface area contributed by atoms with E-state index in [1.165, 1.54) is 74.1 Å². The maximum Gasteiger partial charge on any atom is 0.00870 e. The lowest BCUT2D eigenvalue weighted by atomic mass is 10.1. The highest BCUT2D eigenvalue weighted by Crippen LogP contribution is 2.16. The highest BCUT2D eigenvalue weighted by molar-refractivity contribution is 7.11. The van der Waals surface area contributed by atoms with Crippen molar-refractivity contribution in [2.75, 3.05) is 6.54 Å². The first-order valence-corrected chi connectivity index (χ1v) is 9.32. The number of hydrogen-bond donors (Lipinski definition) is 1. The minimum atomic E-state index is 0.609. The summed E-state index contributed by atoms with van der Waals surface area (Å²) in [5, 5.41) is 3.66. The van der Waals surface area contributed by atoms with Crippen molar-refractivity contribution in [2.45, 2.75) is 84.6 Å². The number of thiophene rings is 1. The molecule has 0 aromatic carbocycles. The van der Waals surface area contributed by atoms with Gasteiger partial charge in [-0.25, -0.2) is 0 Å². The summed E-state index contributed by atoms with van der Waals surface area (Å²) >= 11 is 1.93. The maximum atomic E-state index is 3.66. The topological polar surface area (TPSA) is 12.0 Å². The van der Waals surface area contributed by atoms with E-state index < -0.39 is 0 Å². The largest absolute Gasteiger partial charge is 0.314 e. The molecule has 116 valence electrons. The summed E-state index contributed by atoms with van der Waals surface area (Å²) in [5.41, 5.74) is 0. The predicted octanol–water partition coefficient (Wildman–Crippen LogP) is 5.72. The lowest BCUT2D eigenvalue weighted by Crippen LogP contribution is -2.28. The molecule has 1 aromatic rings. The summed E-state index contributed by atoms with van der Waals surface area (Å²) in [4.78, 5) is 2.94. The second-order valence-corrected chi connectivity index (χ2v) is 7.42. The fraction of sp³-hybridized carbons (Fsp3) is 0.778. The quantitative estimate of drug-likeness (QED) is 0.486. The zero-order valence-corrected chi connectivity index (χ0v) is 14.5. The molecule has 0 saturated heterocycles. The van der Waals surface area contributed by atoms with Crippen LogP contribution < -0.4 is 5.32 Å². The van der Waals surface area contributed by atoms with Crippen LogP contribution in [-0.4, -0.2) is 12.6 Å². The molecule has 0 radical (unpaired) electrons. The van der Waals surface area contributed by atoms with Crippen molar-refractivity contribution in [3.05, 3.63) is 21.9 Å². The van der Waals surface area contributed by atoms with Crippen molar-refractivity contribution in [3.63, 3.8) is 0 Å². The molecular weight excluding hydrogens is 262 g/mol. The van der Waals surface area contributed by atoms with Gasteiger partial charge in [0.2, 0.25) is 0 Å². The van der Waals surface area contributed by atoms with E-state index in [-0.39, 0.29) is 0 Å². The predicted molar refractivity (Wildman–Crippen MR) is 92.8 cm³/mol. The van der Waals surface area contributed by atoms with Crippen molar-refractivity contribution >= 4 is 11.3 Å². The Morgan fingerprint density at radius 2 is 1.65 bits per heavy atom. The maximum absolute atomic E-state index is 3.66. The van der Waals surface area contributed by atoms with Crippen LogP contribution in [0.4, 0.5) is 0 Å². The van der Waals surface area contributed by atoms with Gasteiger partial charge in [-0.05, 0) is 45.4 Å². The smallest absolute Gasteiger partial charge is 0.00870 e. The van der Waals surface area contributed by atoms with Gasteiger partial charge in [-0.15, -0.1) is 11.3 Å². The number of unbranched alkanes of at least 4 members (excludes halogenated alkanes) is 7. The molecule has 0 amide bonds. The third kappa shape index (κ3) is 8.76. The molecule has 2 heteroatoms. The molecule has 1 rings (SSSR count). The van der Waals surface area contributed by atoms with Crippen LogP contribution in [0.15, 0.2) is 12.1 Å². The third-order valence-corrected chi connectivity index (χ3v) is 4.85. The lowest BCUT2D eigenvalue weighted by molar-refractivity contribution is 0.509. The lowest BCUT2D eigenvalue weighted by Gasteiger charge is -2.12. The Labute approximate surface area is 130 Å². The van der Waals surface area contributed by atoms with E-state index in [4.69, 9.17) is 0 Å². The van der Waals surface area contributed by atoms with Crippen molar-refractivity contribution in [3.8, 4) is 0 Å². The number of rotatable bonds is 12. The Hall–Kier alpha value is -0.340. The van der Waals surface area contributed by atoms with Gasteiger partial charge >= 0.3 is 0 Å². The molecule has 0 aliphatic rings. The minimum absolute atomic E-state index is 0.609. The molecule has 1 unspecified atom stereocenters. The normalized spacial score (nSPS) is 12.8. The fourth-order valence-corrected chi connectivity index (χ4v) is 3.60. The van der Waals surface area contributed by atoms with Gasteiger partial charge in [0.25, 0.3) is 0 Å². The number of aryl methyl sites for hydroxylation is 1. The Morgan fingerprint density at radius 1 is 1.00 bits per heavy atom. The molecule has 0 aliphatic heterocycles. The van der Waals surface area contributed by atoms with Gasteiger partial charge in [0, 0.05) is 15.8 Å². The monoisotopic (exact) mass is 295 g/mol. The van der Waals surface area contributed by atoms with E-state index in [1.807, 2.05) is 11.3 Å². The van der Waals surface area contributed by atoms with Crippen molar-refractivity contribution < 1.29 is 0 Å². The van der Waals surface area contributed by atoms with Gasteiger partial charge in [0.15, 0.2) is 0 Å². The summed E-state index contributed by atoms with van der Waals surface area (Å²) in [6, 6.07) is 5.11. The van der Waals surface area contributed by atoms with Crippen LogP contribution in [0.1, 0.15) is 75.0 Å². The summed E-state index contributed by atoms with van der Waals surface area (Å²) in [5.74, 6) is 0. The standard InChI is InChI=1S/C18H33NS/c1-4-5-6-7-8-9-10-11-14-19-16(2)15-18-13-12-17(3)20-18/h12-13,16,19H,4-11,14-15H2,1-3H3. The average Bonchev–Trinajstić information content (AvgIpc) is 2.82. The average molecular weight is 296 g/mol. The molecular formula is C18H33NS. The molecule has 0 aliphatic carbocycles. The van der Waals surface area contributed by atoms with Crippen molar-refractivity contribution in [2.24, 2.45) is 0 Å². The van der Waals surface area contributed by atoms with Crippen molar-refractivity contribution in [1.82, 2.24) is 5.32 Å². The number of nitrogens with one attached hydrogen (secondary N) is 1. The molecule has 1 aromatic heterocycles. The fourth-order valence-electron chi connectivity index (χ4n) is 2.58. The van der Waals surface area contributed by atoms with Crippen molar-refractivity contribution in [1.29, 1.82) is 0 Å². The second-order valence-electron chi connectivity index (χ2n) is 6.05. The second kappa shape index (κ2) is 11.3. The SMILES string of the molecule is CCCCCCCCCCNC(C)Cc1ccc(C)s1. The Morgan fingerprint density at radius 3 is 2.25 bits per heavy atom. The highest BCUT2D eigenvalue weighted by Gasteiger charge is 2.04. The molecule has 1 nitrogen and oxygen atoms in total. The zero-order chi connectivity index (χ0) is 14.6. The van der Waals surface area contributed by atoms with E-state index >= 15 is 0 Å². The Kier molecular flexibility index (Phi) is 10.0. The van der Waals surface area contributed by atoms with Crippen LogP contribution in [0.2, 0.25) is 0 Å². The molecule has 0 saturated carbocycles. The number of hydrogen-bond acceptors (Lipinski definition) is 2. The summed E-state index contributed by atoms with van der Waals surface area (Å²) in [7, 11) is 0. The minimum Gasteiger partial charge on any atom is -0.314 e. The van der Waals surface area contributed by atoms with Crippen LogP contribution in [0.5, 0.6) is 0 Å². The summed E-state index contributed by atoms with van der Waals surface area (Å²) in [6.07, 6.45) is 12.4. The third-order valence-electron chi connectivity index (χ3n) is 3.83. The van der Waals surface area contributed by atoms with Crippen LogP contribution >= 0.6 is 11.3 Å². The Balaban J connectivity index is 1.90. The summed E-state index contributed by atoms with van der Waals surface area (Å²) in [6.45, 7) is 7.96.